The van der Waals surface area contributed by atoms with Gasteiger partial charge in [0.15, 0.2) is 17.3 Å². The van der Waals surface area contributed by atoms with E-state index in [2.05, 4.69) is 20.6 Å². The lowest BCUT2D eigenvalue weighted by Crippen LogP contribution is -2.25. The fraction of sp³-hybridized carbons (Fsp3) is 0.412. The van der Waals surface area contributed by atoms with Crippen LogP contribution in [0.25, 0.3) is 4.96 Å². The van der Waals surface area contributed by atoms with E-state index < -0.39 is 0 Å². The van der Waals surface area contributed by atoms with E-state index in [1.807, 2.05) is 4.52 Å². The molecule has 8 nitrogen and oxygen atoms in total. The lowest BCUT2D eigenvalue weighted by Gasteiger charge is -2.09. The van der Waals surface area contributed by atoms with Crippen molar-refractivity contribution in [3.8, 4) is 11.5 Å². The van der Waals surface area contributed by atoms with Gasteiger partial charge in [-0.15, -0.1) is 10.2 Å². The van der Waals surface area contributed by atoms with Crippen LogP contribution in [0.15, 0.2) is 18.2 Å². The molecule has 2 heterocycles. The van der Waals surface area contributed by atoms with Crippen molar-refractivity contribution in [2.45, 2.75) is 25.2 Å². The fourth-order valence-electron chi connectivity index (χ4n) is 2.73. The van der Waals surface area contributed by atoms with Gasteiger partial charge in [-0.3, -0.25) is 4.79 Å². The normalized spacial score (nSPS) is 13.8. The summed E-state index contributed by atoms with van der Waals surface area (Å²) in [4.78, 5) is 13.1. The number of nitrogens with one attached hydrogen (secondary N) is 1. The zero-order valence-electron chi connectivity index (χ0n) is 14.6. The number of aromatic nitrogens is 4. The van der Waals surface area contributed by atoms with Gasteiger partial charge in [0, 0.05) is 24.4 Å². The molecule has 0 bridgehead atoms. The Morgan fingerprint density at radius 3 is 2.81 bits per heavy atom. The van der Waals surface area contributed by atoms with Crippen molar-refractivity contribution in [1.82, 2.24) is 25.1 Å². The van der Waals surface area contributed by atoms with Gasteiger partial charge in [-0.25, -0.2) is 0 Å². The van der Waals surface area contributed by atoms with E-state index in [1.54, 1.807) is 32.4 Å². The number of benzene rings is 1. The topological polar surface area (TPSA) is 90.6 Å². The van der Waals surface area contributed by atoms with Gasteiger partial charge in [-0.2, -0.15) is 9.61 Å². The summed E-state index contributed by atoms with van der Waals surface area (Å²) in [7, 11) is 3.11. The third-order valence-electron chi connectivity index (χ3n) is 4.27. The number of carbonyl (C=O) groups excluding carboxylic acids is 1. The third-order valence-corrected chi connectivity index (χ3v) is 5.23. The first-order valence-corrected chi connectivity index (χ1v) is 9.22. The van der Waals surface area contributed by atoms with E-state index in [4.69, 9.17) is 9.47 Å². The zero-order valence-corrected chi connectivity index (χ0v) is 15.4. The Labute approximate surface area is 154 Å². The molecule has 0 saturated heterocycles. The molecule has 0 atom stereocenters. The minimum absolute atomic E-state index is 0.160. The summed E-state index contributed by atoms with van der Waals surface area (Å²) in [5.74, 6) is 2.42. The van der Waals surface area contributed by atoms with Crippen molar-refractivity contribution >= 4 is 22.2 Å². The number of hydrogen-bond acceptors (Lipinski definition) is 7. The highest BCUT2D eigenvalue weighted by Gasteiger charge is 2.30. The second-order valence-corrected chi connectivity index (χ2v) is 7.14. The van der Waals surface area contributed by atoms with Crippen molar-refractivity contribution in [1.29, 1.82) is 0 Å². The van der Waals surface area contributed by atoms with E-state index in [9.17, 15) is 4.79 Å². The first-order chi connectivity index (χ1) is 12.7. The SMILES string of the molecule is COc1ccc(C(=O)NCCc2nn3c(C4CC4)nnc3s2)cc1OC. The quantitative estimate of drug-likeness (QED) is 0.682. The summed E-state index contributed by atoms with van der Waals surface area (Å²) in [6, 6.07) is 5.09. The Morgan fingerprint density at radius 2 is 2.08 bits per heavy atom. The lowest BCUT2D eigenvalue weighted by atomic mass is 10.2. The van der Waals surface area contributed by atoms with Gasteiger partial charge in [0.25, 0.3) is 5.91 Å². The zero-order chi connectivity index (χ0) is 18.1. The van der Waals surface area contributed by atoms with Gasteiger partial charge in [0.2, 0.25) is 4.96 Å². The van der Waals surface area contributed by atoms with Crippen LogP contribution in [-0.2, 0) is 6.42 Å². The lowest BCUT2D eigenvalue weighted by molar-refractivity contribution is 0.0953. The molecule has 1 aromatic carbocycles. The monoisotopic (exact) mass is 373 g/mol. The van der Waals surface area contributed by atoms with E-state index in [0.29, 0.717) is 35.9 Å². The largest absolute Gasteiger partial charge is 0.493 e. The molecule has 1 aliphatic rings. The second kappa shape index (κ2) is 6.91. The highest BCUT2D eigenvalue weighted by molar-refractivity contribution is 7.16. The average Bonchev–Trinajstić information content (AvgIpc) is 3.31. The van der Waals surface area contributed by atoms with Crippen LogP contribution in [0.1, 0.15) is 39.9 Å². The molecule has 0 unspecified atom stereocenters. The summed E-state index contributed by atoms with van der Waals surface area (Å²) < 4.78 is 12.3. The van der Waals surface area contributed by atoms with Gasteiger partial charge in [-0.05, 0) is 31.0 Å². The van der Waals surface area contributed by atoms with Gasteiger partial charge in [0.1, 0.15) is 5.01 Å². The van der Waals surface area contributed by atoms with E-state index in [0.717, 1.165) is 28.6 Å². The van der Waals surface area contributed by atoms with Crippen LogP contribution >= 0.6 is 11.3 Å². The summed E-state index contributed by atoms with van der Waals surface area (Å²) in [5, 5.41) is 16.8. The fourth-order valence-corrected chi connectivity index (χ4v) is 3.57. The molecular weight excluding hydrogens is 354 g/mol. The highest BCUT2D eigenvalue weighted by Crippen LogP contribution is 2.39. The van der Waals surface area contributed by atoms with Crippen LogP contribution in [0.4, 0.5) is 0 Å². The molecule has 136 valence electrons. The maximum Gasteiger partial charge on any atom is 0.251 e. The van der Waals surface area contributed by atoms with Crippen LogP contribution in [0.2, 0.25) is 0 Å². The standard InChI is InChI=1S/C17H19N5O3S/c1-24-12-6-5-11(9-13(12)25-2)16(23)18-8-7-14-21-22-15(10-3-4-10)19-20-17(22)26-14/h5-6,9-10H,3-4,7-8H2,1-2H3,(H,18,23). The first kappa shape index (κ1) is 16.8. The number of amides is 1. The maximum absolute atomic E-state index is 12.3. The third kappa shape index (κ3) is 3.22. The van der Waals surface area contributed by atoms with Crippen LogP contribution in [0.5, 0.6) is 11.5 Å². The van der Waals surface area contributed by atoms with Crippen LogP contribution in [0, 0.1) is 0 Å². The van der Waals surface area contributed by atoms with Crippen molar-refractivity contribution < 1.29 is 14.3 Å². The number of nitrogens with zero attached hydrogens (tertiary/aromatic N) is 4. The summed E-state index contributed by atoms with van der Waals surface area (Å²) in [6.45, 7) is 0.496. The van der Waals surface area contributed by atoms with E-state index in [1.165, 1.54) is 11.3 Å². The van der Waals surface area contributed by atoms with Gasteiger partial charge in [0.05, 0.1) is 14.2 Å². The minimum Gasteiger partial charge on any atom is -0.493 e. The number of methoxy groups -OCH3 is 2. The van der Waals surface area contributed by atoms with Crippen LogP contribution in [-0.4, -0.2) is 46.5 Å². The van der Waals surface area contributed by atoms with Crippen molar-refractivity contribution in [3.63, 3.8) is 0 Å². The molecule has 4 rings (SSSR count). The Morgan fingerprint density at radius 1 is 1.27 bits per heavy atom. The molecule has 0 aliphatic heterocycles. The predicted octanol–water partition coefficient (Wildman–Crippen LogP) is 2.05. The minimum atomic E-state index is -0.160. The molecule has 3 aromatic rings. The van der Waals surface area contributed by atoms with Crippen LogP contribution < -0.4 is 14.8 Å². The summed E-state index contributed by atoms with van der Waals surface area (Å²) in [6.07, 6.45) is 2.97. The number of rotatable bonds is 7. The molecule has 1 N–H and O–H groups in total. The molecule has 1 amide bonds. The molecule has 1 fully saturated rings. The molecule has 0 radical (unpaired) electrons. The van der Waals surface area contributed by atoms with Crippen LogP contribution in [0.3, 0.4) is 0 Å². The Hall–Kier alpha value is -2.68. The molecular formula is C17H19N5O3S. The smallest absolute Gasteiger partial charge is 0.251 e. The number of fused-ring (bicyclic) bond motifs is 1. The summed E-state index contributed by atoms with van der Waals surface area (Å²) in [5.41, 5.74) is 0.525. The van der Waals surface area contributed by atoms with Gasteiger partial charge >= 0.3 is 0 Å². The van der Waals surface area contributed by atoms with E-state index in [-0.39, 0.29) is 5.91 Å². The number of ether oxygens (including phenoxy) is 2. The maximum atomic E-state index is 12.3. The Bertz CT molecular complexity index is 947. The molecule has 0 spiro atoms. The van der Waals surface area contributed by atoms with Crippen molar-refractivity contribution in [3.05, 3.63) is 34.6 Å². The van der Waals surface area contributed by atoms with E-state index >= 15 is 0 Å². The molecule has 26 heavy (non-hydrogen) atoms. The molecule has 1 saturated carbocycles. The van der Waals surface area contributed by atoms with Gasteiger partial charge in [-0.1, -0.05) is 11.3 Å². The second-order valence-electron chi connectivity index (χ2n) is 6.10. The number of hydrogen-bond donors (Lipinski definition) is 1. The van der Waals surface area contributed by atoms with Crippen molar-refractivity contribution in [2.75, 3.05) is 20.8 Å². The highest BCUT2D eigenvalue weighted by atomic mass is 32.1. The molecule has 1 aliphatic carbocycles. The summed E-state index contributed by atoms with van der Waals surface area (Å²) >= 11 is 1.51. The average molecular weight is 373 g/mol. The van der Waals surface area contributed by atoms with Gasteiger partial charge < -0.3 is 14.8 Å². The van der Waals surface area contributed by atoms with Crippen molar-refractivity contribution in [2.24, 2.45) is 0 Å². The Kier molecular flexibility index (Phi) is 4.46. The predicted molar refractivity (Wildman–Crippen MR) is 96.2 cm³/mol. The first-order valence-electron chi connectivity index (χ1n) is 8.41. The molecule has 9 heteroatoms. The number of carbonyl (C=O) groups is 1. The molecule has 2 aromatic heterocycles. The Balaban J connectivity index is 1.37.